The van der Waals surface area contributed by atoms with Crippen molar-refractivity contribution in [2.24, 2.45) is 0 Å². The molecule has 8 nitrogen and oxygen atoms in total. The monoisotopic (exact) mass is 315 g/mol. The van der Waals surface area contributed by atoms with Crippen molar-refractivity contribution in [3.8, 4) is 0 Å². The first-order valence-corrected chi connectivity index (χ1v) is 7.84. The standard InChI is InChI=1S/C15H17N5O3/c21-15(22)11-6-17-12(7-16-11)20-5-1-2-10(8-20)13-18-14(23-19-13)9-3-4-9/h6-7,9-10H,1-5,8H2,(H,21,22). The van der Waals surface area contributed by atoms with Crippen LogP contribution in [0.2, 0.25) is 0 Å². The maximum absolute atomic E-state index is 10.8. The molecule has 1 atom stereocenters. The van der Waals surface area contributed by atoms with Gasteiger partial charge >= 0.3 is 5.97 Å². The number of rotatable bonds is 4. The fourth-order valence-corrected chi connectivity index (χ4v) is 2.90. The Morgan fingerprint density at radius 1 is 1.22 bits per heavy atom. The SMILES string of the molecule is O=C(O)c1cnc(N2CCCC(c3noc(C4CC4)n3)C2)cn1. The highest BCUT2D eigenvalue weighted by Crippen LogP contribution is 2.39. The largest absolute Gasteiger partial charge is 0.476 e. The first-order valence-electron chi connectivity index (χ1n) is 7.84. The molecule has 1 saturated carbocycles. The summed E-state index contributed by atoms with van der Waals surface area (Å²) in [7, 11) is 0. The van der Waals surface area contributed by atoms with E-state index in [0.29, 0.717) is 11.7 Å². The van der Waals surface area contributed by atoms with E-state index in [9.17, 15) is 4.79 Å². The van der Waals surface area contributed by atoms with Crippen LogP contribution >= 0.6 is 0 Å². The van der Waals surface area contributed by atoms with Gasteiger partial charge in [0.05, 0.1) is 12.4 Å². The molecule has 2 aliphatic rings. The summed E-state index contributed by atoms with van der Waals surface area (Å²) < 4.78 is 5.35. The topological polar surface area (TPSA) is 105 Å². The van der Waals surface area contributed by atoms with E-state index in [1.165, 1.54) is 12.4 Å². The number of hydrogen-bond acceptors (Lipinski definition) is 7. The first kappa shape index (κ1) is 14.1. The molecule has 2 aromatic rings. The van der Waals surface area contributed by atoms with Gasteiger partial charge in [0.15, 0.2) is 11.5 Å². The van der Waals surface area contributed by atoms with Crippen molar-refractivity contribution in [2.45, 2.75) is 37.5 Å². The molecule has 2 aromatic heterocycles. The van der Waals surface area contributed by atoms with Gasteiger partial charge in [-0.3, -0.25) is 0 Å². The molecule has 1 N–H and O–H groups in total. The number of carboxylic acid groups (broad SMARTS) is 1. The second-order valence-corrected chi connectivity index (χ2v) is 6.12. The van der Waals surface area contributed by atoms with Crippen LogP contribution in [0.4, 0.5) is 5.82 Å². The van der Waals surface area contributed by atoms with E-state index in [-0.39, 0.29) is 11.6 Å². The highest BCUT2D eigenvalue weighted by Gasteiger charge is 2.32. The summed E-state index contributed by atoms with van der Waals surface area (Å²) in [6, 6.07) is 0. The molecule has 0 bridgehead atoms. The maximum atomic E-state index is 10.8. The van der Waals surface area contributed by atoms with Gasteiger partial charge in [-0.1, -0.05) is 5.16 Å². The van der Waals surface area contributed by atoms with Crippen LogP contribution in [0.1, 0.15) is 59.7 Å². The predicted octanol–water partition coefficient (Wildman–Crippen LogP) is 1.82. The molecule has 4 rings (SSSR count). The molecule has 3 heterocycles. The molecule has 1 saturated heterocycles. The molecule has 1 aliphatic heterocycles. The molecule has 2 fully saturated rings. The number of hydrogen-bond donors (Lipinski definition) is 1. The summed E-state index contributed by atoms with van der Waals surface area (Å²) in [6.07, 6.45) is 7.10. The number of carboxylic acids is 1. The highest BCUT2D eigenvalue weighted by atomic mass is 16.5. The summed E-state index contributed by atoms with van der Waals surface area (Å²) in [5.41, 5.74) is -0.0467. The minimum Gasteiger partial charge on any atom is -0.476 e. The second kappa shape index (κ2) is 5.60. The van der Waals surface area contributed by atoms with Crippen LogP contribution in [0.3, 0.4) is 0 Å². The Labute approximate surface area is 132 Å². The van der Waals surface area contributed by atoms with Crippen molar-refractivity contribution >= 4 is 11.8 Å². The summed E-state index contributed by atoms with van der Waals surface area (Å²) in [5.74, 6) is 1.83. The van der Waals surface area contributed by atoms with Gasteiger partial charge < -0.3 is 14.5 Å². The van der Waals surface area contributed by atoms with Gasteiger partial charge in [-0.05, 0) is 25.7 Å². The van der Waals surface area contributed by atoms with Crippen molar-refractivity contribution < 1.29 is 14.4 Å². The highest BCUT2D eigenvalue weighted by molar-refractivity contribution is 5.84. The Balaban J connectivity index is 1.48. The molecule has 23 heavy (non-hydrogen) atoms. The summed E-state index contributed by atoms with van der Waals surface area (Å²) in [4.78, 5) is 25.6. The first-order chi connectivity index (χ1) is 11.2. The zero-order valence-corrected chi connectivity index (χ0v) is 12.6. The third kappa shape index (κ3) is 2.88. The van der Waals surface area contributed by atoms with Gasteiger partial charge in [0, 0.05) is 24.9 Å². The van der Waals surface area contributed by atoms with Crippen molar-refractivity contribution in [1.29, 1.82) is 0 Å². The molecule has 1 unspecified atom stereocenters. The smallest absolute Gasteiger partial charge is 0.356 e. The normalized spacial score (nSPS) is 21.4. The molecule has 0 aromatic carbocycles. The number of nitrogens with zero attached hydrogens (tertiary/aromatic N) is 5. The number of carbonyl (C=O) groups is 1. The quantitative estimate of drug-likeness (QED) is 0.910. The average molecular weight is 315 g/mol. The van der Waals surface area contributed by atoms with E-state index in [0.717, 1.165) is 50.5 Å². The Hall–Kier alpha value is -2.51. The Bertz CT molecular complexity index is 710. The number of piperidine rings is 1. The van der Waals surface area contributed by atoms with E-state index in [2.05, 4.69) is 25.0 Å². The van der Waals surface area contributed by atoms with Gasteiger partial charge in [0.2, 0.25) is 5.89 Å². The van der Waals surface area contributed by atoms with E-state index in [1.807, 2.05) is 0 Å². The summed E-state index contributed by atoms with van der Waals surface area (Å²) >= 11 is 0. The zero-order valence-electron chi connectivity index (χ0n) is 12.6. The number of anilines is 1. The van der Waals surface area contributed by atoms with Gasteiger partial charge in [0.25, 0.3) is 0 Å². The molecule has 0 radical (unpaired) electrons. The van der Waals surface area contributed by atoms with E-state index in [1.54, 1.807) is 0 Å². The zero-order chi connectivity index (χ0) is 15.8. The minimum atomic E-state index is -1.07. The predicted molar refractivity (Wildman–Crippen MR) is 79.5 cm³/mol. The minimum absolute atomic E-state index is 0.0467. The lowest BCUT2D eigenvalue weighted by atomic mass is 9.97. The van der Waals surface area contributed by atoms with Gasteiger partial charge in [-0.15, -0.1) is 0 Å². The maximum Gasteiger partial charge on any atom is 0.356 e. The van der Waals surface area contributed by atoms with Gasteiger partial charge in [-0.25, -0.2) is 14.8 Å². The third-order valence-electron chi connectivity index (χ3n) is 4.35. The fraction of sp³-hybridized carbons (Fsp3) is 0.533. The van der Waals surface area contributed by atoms with Crippen LogP contribution in [0.5, 0.6) is 0 Å². The lowest BCUT2D eigenvalue weighted by Gasteiger charge is -2.31. The van der Waals surface area contributed by atoms with Gasteiger partial charge in [0.1, 0.15) is 5.82 Å². The molecule has 120 valence electrons. The van der Waals surface area contributed by atoms with E-state index < -0.39 is 5.97 Å². The van der Waals surface area contributed by atoms with Crippen LogP contribution in [-0.2, 0) is 0 Å². The third-order valence-corrected chi connectivity index (χ3v) is 4.35. The van der Waals surface area contributed by atoms with Crippen LogP contribution in [-0.4, -0.2) is 44.3 Å². The fourth-order valence-electron chi connectivity index (χ4n) is 2.90. The molecule has 8 heteroatoms. The number of aromatic carboxylic acids is 1. The van der Waals surface area contributed by atoms with Crippen molar-refractivity contribution in [3.63, 3.8) is 0 Å². The molecule has 1 aliphatic carbocycles. The van der Waals surface area contributed by atoms with E-state index in [4.69, 9.17) is 9.63 Å². The van der Waals surface area contributed by atoms with Gasteiger partial charge in [-0.2, -0.15) is 4.98 Å². The second-order valence-electron chi connectivity index (χ2n) is 6.12. The molecule has 0 amide bonds. The van der Waals surface area contributed by atoms with Crippen molar-refractivity contribution in [2.75, 3.05) is 18.0 Å². The Kier molecular flexibility index (Phi) is 3.44. The van der Waals surface area contributed by atoms with Crippen molar-refractivity contribution in [1.82, 2.24) is 20.1 Å². The molecule has 0 spiro atoms. The Morgan fingerprint density at radius 2 is 2.09 bits per heavy atom. The lowest BCUT2D eigenvalue weighted by molar-refractivity contribution is 0.0690. The van der Waals surface area contributed by atoms with Crippen LogP contribution in [0.25, 0.3) is 0 Å². The summed E-state index contributed by atoms with van der Waals surface area (Å²) in [6.45, 7) is 1.61. The lowest BCUT2D eigenvalue weighted by Crippen LogP contribution is -2.35. The van der Waals surface area contributed by atoms with E-state index >= 15 is 0 Å². The number of aromatic nitrogens is 4. The van der Waals surface area contributed by atoms with Crippen molar-refractivity contribution in [3.05, 3.63) is 29.8 Å². The molecular formula is C15H17N5O3. The van der Waals surface area contributed by atoms with Crippen LogP contribution < -0.4 is 4.90 Å². The molecular weight excluding hydrogens is 298 g/mol. The average Bonchev–Trinajstić information content (AvgIpc) is 3.32. The van der Waals surface area contributed by atoms with Crippen LogP contribution in [0.15, 0.2) is 16.9 Å². The Morgan fingerprint density at radius 3 is 2.78 bits per heavy atom. The summed E-state index contributed by atoms with van der Waals surface area (Å²) in [5, 5.41) is 13.0. The van der Waals surface area contributed by atoms with Crippen LogP contribution in [0, 0.1) is 0 Å².